The number of hydrogen-bond acceptors (Lipinski definition) is 7. The maximum absolute atomic E-state index is 12.6. The lowest BCUT2D eigenvalue weighted by molar-refractivity contribution is -0.384. The fourth-order valence-corrected chi connectivity index (χ4v) is 5.26. The Bertz CT molecular complexity index is 1450. The molecular formula is C26H21Br2N3O5S. The molecule has 0 aromatic heterocycles. The summed E-state index contributed by atoms with van der Waals surface area (Å²) in [6, 6.07) is 13.7. The van der Waals surface area contributed by atoms with Gasteiger partial charge in [0.1, 0.15) is 6.61 Å². The van der Waals surface area contributed by atoms with Crippen LogP contribution in [0, 0.1) is 24.0 Å². The van der Waals surface area contributed by atoms with E-state index in [0.29, 0.717) is 31.6 Å². The lowest BCUT2D eigenvalue weighted by Gasteiger charge is -2.14. The zero-order chi connectivity index (χ0) is 26.7. The van der Waals surface area contributed by atoms with E-state index in [9.17, 15) is 14.9 Å². The predicted octanol–water partition coefficient (Wildman–Crippen LogP) is 7.22. The summed E-state index contributed by atoms with van der Waals surface area (Å²) >= 11 is 8.32. The molecule has 0 spiro atoms. The molecule has 1 heterocycles. The Balaban J connectivity index is 1.54. The van der Waals surface area contributed by atoms with E-state index in [1.807, 2.05) is 32.0 Å². The lowest BCUT2D eigenvalue weighted by atomic mass is 10.1. The molecule has 3 aromatic carbocycles. The number of carbonyl (C=O) groups excluding carboxylic acids is 1. The number of aliphatic imine (C=N–C) groups is 1. The van der Waals surface area contributed by atoms with Gasteiger partial charge in [-0.2, -0.15) is 0 Å². The number of hydrogen-bond donors (Lipinski definition) is 1. The highest BCUT2D eigenvalue weighted by atomic mass is 79.9. The fourth-order valence-electron chi connectivity index (χ4n) is 3.62. The number of amidine groups is 1. The standard InChI is InChI=1S/C26H21Br2N3O5S/c1-14-7-18(8-15(2)23(14)28)29-26-30-25(32)22(37-26)12-17-10-20(27)24(21(11-17)35-3)36-13-16-5-4-6-19(9-16)31(33)34/h4-12H,13H2,1-3H3,(H,29,30,32)/b22-12-. The largest absolute Gasteiger partial charge is 0.493 e. The van der Waals surface area contributed by atoms with Crippen molar-refractivity contribution in [2.75, 3.05) is 7.11 Å². The van der Waals surface area contributed by atoms with Crippen LogP contribution in [0.15, 0.2) is 67.4 Å². The SMILES string of the molecule is COc1cc(/C=C2\SC(=Nc3cc(C)c(Br)c(C)c3)NC2=O)cc(Br)c1OCc1cccc([N+](=O)[O-])c1. The second kappa shape index (κ2) is 11.5. The van der Waals surface area contributed by atoms with Crippen molar-refractivity contribution in [3.05, 3.63) is 94.7 Å². The second-order valence-electron chi connectivity index (χ2n) is 8.13. The average Bonchev–Trinajstić information content (AvgIpc) is 3.19. The normalized spacial score (nSPS) is 15.2. The average molecular weight is 647 g/mol. The van der Waals surface area contributed by atoms with Crippen LogP contribution >= 0.6 is 43.6 Å². The molecule has 8 nitrogen and oxygen atoms in total. The third kappa shape index (κ3) is 6.41. The van der Waals surface area contributed by atoms with Crippen LogP contribution in [-0.4, -0.2) is 23.1 Å². The van der Waals surface area contributed by atoms with Crippen molar-refractivity contribution in [1.29, 1.82) is 0 Å². The number of nitro benzene ring substituents is 1. The van der Waals surface area contributed by atoms with Gasteiger partial charge in [0.2, 0.25) is 0 Å². The molecule has 190 valence electrons. The zero-order valence-electron chi connectivity index (χ0n) is 20.0. The number of amides is 1. The van der Waals surface area contributed by atoms with Gasteiger partial charge in [-0.1, -0.05) is 28.1 Å². The Hall–Kier alpha value is -3.15. The van der Waals surface area contributed by atoms with E-state index in [4.69, 9.17) is 9.47 Å². The molecule has 1 fully saturated rings. The second-order valence-corrected chi connectivity index (χ2v) is 10.8. The van der Waals surface area contributed by atoms with Crippen LogP contribution in [0.2, 0.25) is 0 Å². The summed E-state index contributed by atoms with van der Waals surface area (Å²) in [7, 11) is 1.52. The van der Waals surface area contributed by atoms with Crippen LogP contribution in [0.3, 0.4) is 0 Å². The molecule has 11 heteroatoms. The third-order valence-electron chi connectivity index (χ3n) is 5.36. The van der Waals surface area contributed by atoms with Gasteiger partial charge in [0.25, 0.3) is 11.6 Å². The van der Waals surface area contributed by atoms with Gasteiger partial charge in [-0.15, -0.1) is 0 Å². The molecule has 0 radical (unpaired) electrons. The quantitative estimate of drug-likeness (QED) is 0.165. The van der Waals surface area contributed by atoms with Gasteiger partial charge >= 0.3 is 0 Å². The number of benzene rings is 3. The summed E-state index contributed by atoms with van der Waals surface area (Å²) in [6.07, 6.45) is 1.75. The van der Waals surface area contributed by atoms with Crippen molar-refractivity contribution in [3.8, 4) is 11.5 Å². The Morgan fingerprint density at radius 2 is 1.86 bits per heavy atom. The number of nitrogens with one attached hydrogen (secondary N) is 1. The van der Waals surface area contributed by atoms with Crippen LogP contribution in [0.4, 0.5) is 11.4 Å². The summed E-state index contributed by atoms with van der Waals surface area (Å²) in [6.45, 7) is 4.10. The number of rotatable bonds is 7. The molecule has 4 rings (SSSR count). The maximum Gasteiger partial charge on any atom is 0.269 e. The van der Waals surface area contributed by atoms with E-state index in [1.165, 1.54) is 31.0 Å². The lowest BCUT2D eigenvalue weighted by Crippen LogP contribution is -2.19. The highest BCUT2D eigenvalue weighted by molar-refractivity contribution is 9.10. The number of thioether (sulfide) groups is 1. The molecule has 0 aliphatic carbocycles. The topological polar surface area (TPSA) is 103 Å². The Morgan fingerprint density at radius 3 is 2.54 bits per heavy atom. The molecule has 0 saturated carbocycles. The first-order valence-corrected chi connectivity index (χ1v) is 13.3. The molecule has 37 heavy (non-hydrogen) atoms. The number of aryl methyl sites for hydroxylation is 2. The van der Waals surface area contributed by atoms with Crippen LogP contribution in [-0.2, 0) is 11.4 Å². The number of halogens is 2. The van der Waals surface area contributed by atoms with Crippen molar-refractivity contribution in [1.82, 2.24) is 5.32 Å². The molecule has 1 amide bonds. The number of ether oxygens (including phenoxy) is 2. The van der Waals surface area contributed by atoms with E-state index >= 15 is 0 Å². The number of nitro groups is 1. The predicted molar refractivity (Wildman–Crippen MR) is 153 cm³/mol. The molecule has 1 N–H and O–H groups in total. The third-order valence-corrected chi connectivity index (χ3v) is 8.11. The number of carbonyl (C=O) groups is 1. The minimum Gasteiger partial charge on any atom is -0.493 e. The first-order valence-electron chi connectivity index (χ1n) is 10.9. The molecule has 0 bridgehead atoms. The van der Waals surface area contributed by atoms with Crippen LogP contribution in [0.1, 0.15) is 22.3 Å². The molecular weight excluding hydrogens is 626 g/mol. The van der Waals surface area contributed by atoms with Gasteiger partial charge in [0.15, 0.2) is 16.7 Å². The van der Waals surface area contributed by atoms with Crippen molar-refractivity contribution < 1.29 is 19.2 Å². The van der Waals surface area contributed by atoms with Gasteiger partial charge in [0.05, 0.1) is 27.1 Å². The Morgan fingerprint density at radius 1 is 1.14 bits per heavy atom. The zero-order valence-corrected chi connectivity index (χ0v) is 24.0. The minimum absolute atomic E-state index is 0.00486. The highest BCUT2D eigenvalue weighted by Crippen LogP contribution is 2.39. The molecule has 1 saturated heterocycles. The molecule has 3 aromatic rings. The van der Waals surface area contributed by atoms with Gasteiger partial charge < -0.3 is 14.8 Å². The Kier molecular flexibility index (Phi) is 8.35. The molecule has 1 aliphatic heterocycles. The van der Waals surface area contributed by atoms with E-state index in [0.717, 1.165) is 26.9 Å². The van der Waals surface area contributed by atoms with E-state index in [-0.39, 0.29) is 18.2 Å². The Labute approximate surface area is 234 Å². The van der Waals surface area contributed by atoms with Gasteiger partial charge in [0, 0.05) is 16.6 Å². The summed E-state index contributed by atoms with van der Waals surface area (Å²) in [5.41, 5.74) is 4.26. The van der Waals surface area contributed by atoms with Gasteiger partial charge in [-0.25, -0.2) is 4.99 Å². The molecule has 0 unspecified atom stereocenters. The van der Waals surface area contributed by atoms with E-state index in [1.54, 1.807) is 24.3 Å². The van der Waals surface area contributed by atoms with Crippen molar-refractivity contribution >= 4 is 72.1 Å². The minimum atomic E-state index is -0.448. The van der Waals surface area contributed by atoms with E-state index < -0.39 is 4.92 Å². The summed E-state index contributed by atoms with van der Waals surface area (Å²) < 4.78 is 13.1. The van der Waals surface area contributed by atoms with Crippen LogP contribution in [0.25, 0.3) is 6.08 Å². The fraction of sp³-hybridized carbons (Fsp3) is 0.154. The number of methoxy groups -OCH3 is 1. The van der Waals surface area contributed by atoms with E-state index in [2.05, 4.69) is 42.2 Å². The number of nitrogens with zero attached hydrogens (tertiary/aromatic N) is 2. The smallest absolute Gasteiger partial charge is 0.269 e. The maximum atomic E-state index is 12.6. The molecule has 0 atom stereocenters. The summed E-state index contributed by atoms with van der Waals surface area (Å²) in [5.74, 6) is 0.656. The van der Waals surface area contributed by atoms with Crippen molar-refractivity contribution in [2.45, 2.75) is 20.5 Å². The molecule has 1 aliphatic rings. The summed E-state index contributed by atoms with van der Waals surface area (Å²) in [4.78, 5) is 28.3. The van der Waals surface area contributed by atoms with Crippen LogP contribution in [0.5, 0.6) is 11.5 Å². The van der Waals surface area contributed by atoms with Gasteiger partial charge in [-0.05, 0) is 94.1 Å². The highest BCUT2D eigenvalue weighted by Gasteiger charge is 2.24. The van der Waals surface area contributed by atoms with Crippen molar-refractivity contribution in [3.63, 3.8) is 0 Å². The van der Waals surface area contributed by atoms with Crippen LogP contribution < -0.4 is 14.8 Å². The summed E-state index contributed by atoms with van der Waals surface area (Å²) in [5, 5.41) is 14.3. The first kappa shape index (κ1) is 26.9. The first-order chi connectivity index (χ1) is 17.6. The number of non-ortho nitro benzene ring substituents is 1. The van der Waals surface area contributed by atoms with Crippen molar-refractivity contribution in [2.24, 2.45) is 4.99 Å². The monoisotopic (exact) mass is 645 g/mol. The van der Waals surface area contributed by atoms with Gasteiger partial charge in [-0.3, -0.25) is 14.9 Å².